The van der Waals surface area contributed by atoms with Crippen molar-refractivity contribution in [3.63, 3.8) is 0 Å². The molecule has 0 saturated carbocycles. The van der Waals surface area contributed by atoms with Crippen LogP contribution in [0.5, 0.6) is 0 Å². The summed E-state index contributed by atoms with van der Waals surface area (Å²) < 4.78 is 36.3. The highest BCUT2D eigenvalue weighted by Gasteiger charge is 2.35. The first-order chi connectivity index (χ1) is 7.80. The van der Waals surface area contributed by atoms with Crippen molar-refractivity contribution in [1.82, 2.24) is 0 Å². The Bertz CT molecular complexity index is 390. The average molecular weight is 248 g/mol. The summed E-state index contributed by atoms with van der Waals surface area (Å²) in [5, 5.41) is 10.3. The molecule has 1 unspecified atom stereocenters. The second-order valence-corrected chi connectivity index (χ2v) is 3.61. The van der Waals surface area contributed by atoms with Gasteiger partial charge in [-0.2, -0.15) is 13.2 Å². The Balaban J connectivity index is 2.56. The lowest BCUT2D eigenvalue weighted by Gasteiger charge is -2.14. The Labute approximate surface area is 95.4 Å². The third-order valence-electron chi connectivity index (χ3n) is 2.31. The summed E-state index contributed by atoms with van der Waals surface area (Å²) in [7, 11) is 0. The summed E-state index contributed by atoms with van der Waals surface area (Å²) in [6.07, 6.45) is -4.50. The Morgan fingerprint density at radius 1 is 1.29 bits per heavy atom. The van der Waals surface area contributed by atoms with Gasteiger partial charge in [0.2, 0.25) is 0 Å². The van der Waals surface area contributed by atoms with Gasteiger partial charge in [0, 0.05) is 12.1 Å². The number of nitrogens with zero attached hydrogens (tertiary/aromatic N) is 1. The summed E-state index contributed by atoms with van der Waals surface area (Å²) in [6, 6.07) is 3.52. The lowest BCUT2D eigenvalue weighted by atomic mass is 10.1. The van der Waals surface area contributed by atoms with Crippen molar-refractivity contribution in [2.24, 2.45) is 5.73 Å². The van der Waals surface area contributed by atoms with Gasteiger partial charge in [-0.05, 0) is 18.4 Å². The molecule has 1 atom stereocenters. The fourth-order valence-corrected chi connectivity index (χ4v) is 1.27. The van der Waals surface area contributed by atoms with E-state index in [2.05, 4.69) is 0 Å². The molecule has 1 aromatic carbocycles. The first-order valence-electron chi connectivity index (χ1n) is 4.86. The van der Waals surface area contributed by atoms with Gasteiger partial charge >= 0.3 is 6.18 Å². The van der Waals surface area contributed by atoms with E-state index in [4.69, 9.17) is 5.73 Å². The molecule has 94 valence electrons. The summed E-state index contributed by atoms with van der Waals surface area (Å²) in [4.78, 5) is 9.78. The number of rotatable bonds is 4. The molecular weight excluding hydrogens is 237 g/mol. The molecule has 0 aliphatic rings. The number of hydrogen-bond donors (Lipinski definition) is 1. The van der Waals surface area contributed by atoms with Gasteiger partial charge in [-0.15, -0.1) is 0 Å². The number of non-ortho nitro benzene ring substituents is 1. The van der Waals surface area contributed by atoms with Crippen LogP contribution >= 0.6 is 0 Å². The van der Waals surface area contributed by atoms with Crippen molar-refractivity contribution in [1.29, 1.82) is 0 Å². The summed E-state index contributed by atoms with van der Waals surface area (Å²) in [5.74, 6) is 0. The third kappa shape index (κ3) is 4.03. The van der Waals surface area contributed by atoms with Crippen molar-refractivity contribution >= 4 is 5.69 Å². The van der Waals surface area contributed by atoms with E-state index in [-0.39, 0.29) is 18.5 Å². The maximum Gasteiger partial charge on any atom is 0.403 e. The molecule has 0 radical (unpaired) electrons. The van der Waals surface area contributed by atoms with Gasteiger partial charge < -0.3 is 5.73 Å². The van der Waals surface area contributed by atoms with E-state index in [0.717, 1.165) is 0 Å². The number of nitro groups is 1. The fraction of sp³-hybridized carbons (Fsp3) is 0.400. The molecule has 0 heterocycles. The monoisotopic (exact) mass is 248 g/mol. The first kappa shape index (κ1) is 13.4. The van der Waals surface area contributed by atoms with Gasteiger partial charge in [0.15, 0.2) is 0 Å². The zero-order valence-corrected chi connectivity index (χ0v) is 8.78. The molecule has 4 nitrogen and oxygen atoms in total. The number of nitro benzene ring substituents is 1. The van der Waals surface area contributed by atoms with Crippen LogP contribution in [0.4, 0.5) is 18.9 Å². The van der Waals surface area contributed by atoms with Gasteiger partial charge in [-0.1, -0.05) is 12.1 Å². The maximum atomic E-state index is 12.1. The van der Waals surface area contributed by atoms with Crippen LogP contribution in [0.3, 0.4) is 0 Å². The molecule has 0 spiro atoms. The Morgan fingerprint density at radius 2 is 1.82 bits per heavy atom. The zero-order valence-electron chi connectivity index (χ0n) is 8.78. The predicted molar refractivity (Wildman–Crippen MR) is 55.4 cm³/mol. The zero-order chi connectivity index (χ0) is 13.1. The highest BCUT2D eigenvalue weighted by molar-refractivity contribution is 5.32. The van der Waals surface area contributed by atoms with E-state index in [9.17, 15) is 23.3 Å². The predicted octanol–water partition coefficient (Wildman–Crippen LogP) is 2.42. The quantitative estimate of drug-likeness (QED) is 0.657. The van der Waals surface area contributed by atoms with Crippen molar-refractivity contribution in [3.05, 3.63) is 39.9 Å². The van der Waals surface area contributed by atoms with Crippen molar-refractivity contribution in [2.45, 2.75) is 25.1 Å². The number of hydrogen-bond acceptors (Lipinski definition) is 3. The molecule has 0 aliphatic heterocycles. The standard InChI is InChI=1S/C10H11F3N2O2/c11-10(12,13)9(14)6-3-7-1-4-8(5-2-7)15(16)17/h1-2,4-5,9H,3,6,14H2. The van der Waals surface area contributed by atoms with E-state index in [1.54, 1.807) is 0 Å². The fourth-order valence-electron chi connectivity index (χ4n) is 1.27. The smallest absolute Gasteiger partial charge is 0.320 e. The number of alkyl halides is 3. The molecule has 1 aromatic rings. The van der Waals surface area contributed by atoms with Gasteiger partial charge in [0.05, 0.1) is 4.92 Å². The van der Waals surface area contributed by atoms with Crippen LogP contribution < -0.4 is 5.73 Å². The van der Waals surface area contributed by atoms with Crippen LogP contribution in [0.2, 0.25) is 0 Å². The molecular formula is C10H11F3N2O2. The Morgan fingerprint density at radius 3 is 2.24 bits per heavy atom. The maximum absolute atomic E-state index is 12.1. The van der Waals surface area contributed by atoms with E-state index < -0.39 is 17.1 Å². The minimum Gasteiger partial charge on any atom is -0.320 e. The van der Waals surface area contributed by atoms with E-state index >= 15 is 0 Å². The van der Waals surface area contributed by atoms with Gasteiger partial charge in [-0.3, -0.25) is 10.1 Å². The lowest BCUT2D eigenvalue weighted by Crippen LogP contribution is -2.37. The molecule has 0 amide bonds. The van der Waals surface area contributed by atoms with Crippen LogP contribution in [-0.4, -0.2) is 17.1 Å². The van der Waals surface area contributed by atoms with Crippen molar-refractivity contribution < 1.29 is 18.1 Å². The number of halogens is 3. The Hall–Kier alpha value is -1.63. The largest absolute Gasteiger partial charge is 0.403 e. The average Bonchev–Trinajstić information content (AvgIpc) is 2.25. The molecule has 0 saturated heterocycles. The molecule has 17 heavy (non-hydrogen) atoms. The lowest BCUT2D eigenvalue weighted by molar-refractivity contribution is -0.384. The van der Waals surface area contributed by atoms with E-state index in [0.29, 0.717) is 5.56 Å². The van der Waals surface area contributed by atoms with Crippen molar-refractivity contribution in [2.75, 3.05) is 0 Å². The second-order valence-electron chi connectivity index (χ2n) is 3.61. The van der Waals surface area contributed by atoms with Gasteiger partial charge in [0.1, 0.15) is 6.04 Å². The van der Waals surface area contributed by atoms with Crippen molar-refractivity contribution in [3.8, 4) is 0 Å². The minimum atomic E-state index is -4.40. The molecule has 0 aromatic heterocycles. The molecule has 7 heteroatoms. The van der Waals surface area contributed by atoms with Gasteiger partial charge in [-0.25, -0.2) is 0 Å². The molecule has 1 rings (SSSR count). The van der Waals surface area contributed by atoms with Crippen LogP contribution in [0, 0.1) is 10.1 Å². The number of benzene rings is 1. The normalized spacial score (nSPS) is 13.4. The van der Waals surface area contributed by atoms with Crippen LogP contribution in [0.1, 0.15) is 12.0 Å². The molecule has 2 N–H and O–H groups in total. The van der Waals surface area contributed by atoms with Crippen LogP contribution in [0.25, 0.3) is 0 Å². The minimum absolute atomic E-state index is 0.0890. The molecule has 0 fully saturated rings. The number of nitrogens with two attached hydrogens (primary N) is 1. The Kier molecular flexibility index (Phi) is 4.06. The number of aryl methyl sites for hydroxylation is 1. The highest BCUT2D eigenvalue weighted by Crippen LogP contribution is 2.22. The van der Waals surface area contributed by atoms with Crippen LogP contribution in [0.15, 0.2) is 24.3 Å². The second kappa shape index (κ2) is 5.13. The third-order valence-corrected chi connectivity index (χ3v) is 2.31. The summed E-state index contributed by atoms with van der Waals surface area (Å²) in [5.41, 5.74) is 5.45. The SMILES string of the molecule is NC(CCc1ccc([N+](=O)[O-])cc1)C(F)(F)F. The topological polar surface area (TPSA) is 69.2 Å². The molecule has 0 aliphatic carbocycles. The summed E-state index contributed by atoms with van der Waals surface area (Å²) in [6.45, 7) is 0. The van der Waals surface area contributed by atoms with E-state index in [1.807, 2.05) is 0 Å². The highest BCUT2D eigenvalue weighted by atomic mass is 19.4. The van der Waals surface area contributed by atoms with Gasteiger partial charge in [0.25, 0.3) is 5.69 Å². The molecule has 0 bridgehead atoms. The first-order valence-corrected chi connectivity index (χ1v) is 4.86. The summed E-state index contributed by atoms with van der Waals surface area (Å²) >= 11 is 0. The van der Waals surface area contributed by atoms with E-state index in [1.165, 1.54) is 24.3 Å². The van der Waals surface area contributed by atoms with Crippen LogP contribution in [-0.2, 0) is 6.42 Å².